The first-order chi connectivity index (χ1) is 12.0. The van der Waals surface area contributed by atoms with Crippen LogP contribution in [0.4, 0.5) is 5.69 Å². The first-order valence-electron chi connectivity index (χ1n) is 7.97. The molecule has 0 aliphatic carbocycles. The number of aromatic nitrogens is 1. The molecule has 0 radical (unpaired) electrons. The average Bonchev–Trinajstić information content (AvgIpc) is 3.00. The van der Waals surface area contributed by atoms with Crippen molar-refractivity contribution in [1.29, 1.82) is 0 Å². The molecule has 3 aromatic rings. The number of amides is 1. The lowest BCUT2D eigenvalue weighted by Gasteiger charge is -2.05. The summed E-state index contributed by atoms with van der Waals surface area (Å²) in [6.45, 7) is 4.04. The number of pyridine rings is 1. The minimum Gasteiger partial charge on any atom is -0.462 e. The molecule has 0 fully saturated rings. The third-order valence-corrected chi connectivity index (χ3v) is 4.71. The van der Waals surface area contributed by atoms with Crippen molar-refractivity contribution in [1.82, 2.24) is 4.98 Å². The molecule has 6 heteroatoms. The molecule has 1 aromatic carbocycles. The molecule has 2 aromatic heterocycles. The predicted molar refractivity (Wildman–Crippen MR) is 99.1 cm³/mol. The zero-order chi connectivity index (χ0) is 17.8. The first kappa shape index (κ1) is 17.1. The molecule has 2 heterocycles. The van der Waals surface area contributed by atoms with E-state index in [1.165, 1.54) is 11.3 Å². The van der Waals surface area contributed by atoms with Crippen LogP contribution in [0.2, 0.25) is 0 Å². The highest BCUT2D eigenvalue weighted by Gasteiger charge is 2.12. The van der Waals surface area contributed by atoms with Gasteiger partial charge in [0.1, 0.15) is 4.88 Å². The Morgan fingerprint density at radius 1 is 1.20 bits per heavy atom. The number of esters is 1. The van der Waals surface area contributed by atoms with E-state index in [0.717, 1.165) is 21.3 Å². The zero-order valence-electron chi connectivity index (χ0n) is 14.0. The summed E-state index contributed by atoms with van der Waals surface area (Å²) < 4.78 is 6.00. The fourth-order valence-electron chi connectivity index (χ4n) is 2.42. The number of ether oxygens (including phenoxy) is 1. The monoisotopic (exact) mass is 354 g/mol. The quantitative estimate of drug-likeness (QED) is 0.704. The minimum absolute atomic E-state index is 0.106. The lowest BCUT2D eigenvalue weighted by atomic mass is 10.2. The zero-order valence-corrected chi connectivity index (χ0v) is 14.9. The van der Waals surface area contributed by atoms with Gasteiger partial charge in [-0.25, -0.2) is 4.79 Å². The highest BCUT2D eigenvalue weighted by Crippen LogP contribution is 2.28. The largest absolute Gasteiger partial charge is 0.462 e. The van der Waals surface area contributed by atoms with Gasteiger partial charge in [0.25, 0.3) is 0 Å². The molecule has 5 nitrogen and oxygen atoms in total. The molecule has 0 unspecified atom stereocenters. The topological polar surface area (TPSA) is 68.3 Å². The number of anilines is 1. The van der Waals surface area contributed by atoms with E-state index in [1.54, 1.807) is 19.2 Å². The number of hydrogen-bond acceptors (Lipinski definition) is 5. The second kappa shape index (κ2) is 7.44. The van der Waals surface area contributed by atoms with Crippen molar-refractivity contribution in [2.75, 3.05) is 11.9 Å². The third kappa shape index (κ3) is 4.22. The number of fused-ring (bicyclic) bond motifs is 1. The molecule has 3 rings (SSSR count). The smallest absolute Gasteiger partial charge is 0.348 e. The highest BCUT2D eigenvalue weighted by molar-refractivity contribution is 7.20. The van der Waals surface area contributed by atoms with Gasteiger partial charge < -0.3 is 10.1 Å². The van der Waals surface area contributed by atoms with Gasteiger partial charge in [-0.3, -0.25) is 9.78 Å². The van der Waals surface area contributed by atoms with Crippen LogP contribution in [0.25, 0.3) is 10.1 Å². The molecule has 0 aliphatic heterocycles. The molecule has 0 saturated carbocycles. The second-order valence-electron chi connectivity index (χ2n) is 5.62. The van der Waals surface area contributed by atoms with Gasteiger partial charge in [0.2, 0.25) is 5.91 Å². The van der Waals surface area contributed by atoms with Crippen molar-refractivity contribution in [2.24, 2.45) is 0 Å². The van der Waals surface area contributed by atoms with E-state index in [9.17, 15) is 9.59 Å². The number of nitrogens with zero attached hydrogens (tertiary/aromatic N) is 1. The summed E-state index contributed by atoms with van der Waals surface area (Å²) in [6, 6.07) is 11.2. The Bertz CT molecular complexity index is 916. The number of rotatable bonds is 5. The number of carbonyl (C=O) groups excluding carboxylic acids is 2. The first-order valence-corrected chi connectivity index (χ1v) is 8.79. The molecule has 1 N–H and O–H groups in total. The number of benzene rings is 1. The van der Waals surface area contributed by atoms with Crippen molar-refractivity contribution in [2.45, 2.75) is 20.3 Å². The molecule has 0 bridgehead atoms. The van der Waals surface area contributed by atoms with Gasteiger partial charge >= 0.3 is 5.97 Å². The molecular formula is C19H18N2O3S. The summed E-state index contributed by atoms with van der Waals surface area (Å²) in [4.78, 5) is 28.8. The maximum absolute atomic E-state index is 12.2. The van der Waals surface area contributed by atoms with Crippen molar-refractivity contribution >= 4 is 39.0 Å². The van der Waals surface area contributed by atoms with Crippen LogP contribution < -0.4 is 5.32 Å². The summed E-state index contributed by atoms with van der Waals surface area (Å²) in [7, 11) is 0. The van der Waals surface area contributed by atoms with Crippen molar-refractivity contribution in [3.05, 3.63) is 58.7 Å². The molecule has 25 heavy (non-hydrogen) atoms. The second-order valence-corrected chi connectivity index (χ2v) is 6.70. The Balaban J connectivity index is 1.71. The fourth-order valence-corrected chi connectivity index (χ4v) is 3.35. The maximum atomic E-state index is 12.2. The van der Waals surface area contributed by atoms with E-state index in [-0.39, 0.29) is 18.3 Å². The molecule has 0 aliphatic rings. The van der Waals surface area contributed by atoms with Crippen LogP contribution >= 0.6 is 11.3 Å². The maximum Gasteiger partial charge on any atom is 0.348 e. The number of nitrogens with one attached hydrogen (secondary N) is 1. The van der Waals surface area contributed by atoms with Crippen molar-refractivity contribution < 1.29 is 14.3 Å². The van der Waals surface area contributed by atoms with Crippen LogP contribution in [0.3, 0.4) is 0 Å². The number of thiophene rings is 1. The lowest BCUT2D eigenvalue weighted by molar-refractivity contribution is -0.115. The molecule has 1 amide bonds. The fraction of sp³-hybridized carbons (Fsp3) is 0.211. The van der Waals surface area contributed by atoms with Crippen LogP contribution in [0.15, 0.2) is 42.6 Å². The van der Waals surface area contributed by atoms with Gasteiger partial charge in [0.05, 0.1) is 13.0 Å². The van der Waals surface area contributed by atoms with Crippen LogP contribution in [-0.2, 0) is 16.0 Å². The van der Waals surface area contributed by atoms with Crippen molar-refractivity contribution in [3.8, 4) is 0 Å². The Hall–Kier alpha value is -2.73. The minimum atomic E-state index is -0.318. The van der Waals surface area contributed by atoms with Gasteiger partial charge in [-0.05, 0) is 55.1 Å². The number of hydrogen-bond donors (Lipinski definition) is 1. The van der Waals surface area contributed by atoms with E-state index in [2.05, 4.69) is 10.3 Å². The Morgan fingerprint density at radius 3 is 2.76 bits per heavy atom. The van der Waals surface area contributed by atoms with Gasteiger partial charge in [-0.15, -0.1) is 11.3 Å². The molecular weight excluding hydrogens is 336 g/mol. The van der Waals surface area contributed by atoms with Crippen LogP contribution in [0.1, 0.15) is 27.9 Å². The summed E-state index contributed by atoms with van der Waals surface area (Å²) in [5.74, 6) is -0.424. The van der Waals surface area contributed by atoms with E-state index < -0.39 is 0 Å². The number of carbonyl (C=O) groups is 2. The Kier molecular flexibility index (Phi) is 5.09. The predicted octanol–water partition coefficient (Wildman–Crippen LogP) is 3.96. The summed E-state index contributed by atoms with van der Waals surface area (Å²) in [6.07, 6.45) is 1.98. The SMILES string of the molecule is CCOC(=O)c1cc2cc(NC(=O)Cc3ccc(C)nc3)ccc2s1. The van der Waals surface area contributed by atoms with Gasteiger partial charge in [0.15, 0.2) is 0 Å². The van der Waals surface area contributed by atoms with E-state index >= 15 is 0 Å². The third-order valence-electron chi connectivity index (χ3n) is 3.61. The molecule has 0 atom stereocenters. The van der Waals surface area contributed by atoms with Crippen molar-refractivity contribution in [3.63, 3.8) is 0 Å². The van der Waals surface area contributed by atoms with Gasteiger partial charge in [-0.2, -0.15) is 0 Å². The molecule has 0 spiro atoms. The summed E-state index contributed by atoms with van der Waals surface area (Å²) >= 11 is 1.38. The lowest BCUT2D eigenvalue weighted by Crippen LogP contribution is -2.14. The van der Waals surface area contributed by atoms with Crippen LogP contribution in [-0.4, -0.2) is 23.5 Å². The molecule has 0 saturated heterocycles. The van der Waals surface area contributed by atoms with Crippen LogP contribution in [0, 0.1) is 6.92 Å². The van der Waals surface area contributed by atoms with Gasteiger partial charge in [0, 0.05) is 22.3 Å². The summed E-state index contributed by atoms with van der Waals surface area (Å²) in [5, 5.41) is 3.79. The molecule has 128 valence electrons. The van der Waals surface area contributed by atoms with E-state index in [1.807, 2.05) is 37.3 Å². The van der Waals surface area contributed by atoms with E-state index in [0.29, 0.717) is 17.2 Å². The summed E-state index contributed by atoms with van der Waals surface area (Å²) in [5.41, 5.74) is 2.49. The van der Waals surface area contributed by atoms with Crippen LogP contribution in [0.5, 0.6) is 0 Å². The number of aryl methyl sites for hydroxylation is 1. The Morgan fingerprint density at radius 2 is 2.04 bits per heavy atom. The average molecular weight is 354 g/mol. The normalized spacial score (nSPS) is 10.6. The van der Waals surface area contributed by atoms with E-state index in [4.69, 9.17) is 4.74 Å². The highest BCUT2D eigenvalue weighted by atomic mass is 32.1. The van der Waals surface area contributed by atoms with Gasteiger partial charge in [-0.1, -0.05) is 6.07 Å². The standard InChI is InChI=1S/C19H18N2O3S/c1-3-24-19(23)17-10-14-9-15(6-7-16(14)25-17)21-18(22)8-13-5-4-12(2)20-11-13/h4-7,9-11H,3,8H2,1-2H3,(H,21,22). The Labute approximate surface area is 149 Å².